The number of hydrazone groups is 1. The third-order valence-electron chi connectivity index (χ3n) is 4.55. The summed E-state index contributed by atoms with van der Waals surface area (Å²) in [4.78, 5) is 24.0. The minimum Gasteiger partial charge on any atom is -0.494 e. The minimum atomic E-state index is -0.787. The van der Waals surface area contributed by atoms with Crippen LogP contribution in [0, 0.1) is 5.82 Å². The van der Waals surface area contributed by atoms with Gasteiger partial charge in [-0.05, 0) is 72.6 Å². The number of carbonyl (C=O) groups excluding carboxylic acids is 2. The topological polar surface area (TPSA) is 86.2 Å². The normalized spacial score (nSPS) is 10.6. The van der Waals surface area contributed by atoms with E-state index in [4.69, 9.17) is 14.2 Å². The molecule has 1 amide bonds. The number of benzene rings is 3. The molecule has 3 rings (SSSR count). The highest BCUT2D eigenvalue weighted by Gasteiger charge is 2.13. The molecule has 0 spiro atoms. The van der Waals surface area contributed by atoms with Crippen molar-refractivity contribution in [2.24, 2.45) is 5.10 Å². The maximum atomic E-state index is 13.7. The molecule has 34 heavy (non-hydrogen) atoms. The molecule has 1 N–H and O–H groups in total. The molecule has 8 heteroatoms. The smallest absolute Gasteiger partial charge is 0.346 e. The van der Waals surface area contributed by atoms with E-state index in [1.165, 1.54) is 24.4 Å². The van der Waals surface area contributed by atoms with E-state index in [1.54, 1.807) is 54.6 Å². The first-order chi connectivity index (χ1) is 16.5. The molecule has 0 unspecified atom stereocenters. The standard InChI is InChI=1S/C26H25FN2O5/c1-2-3-16-32-20-12-14-21(15-13-20)33-18-25(30)29-28-17-19-8-10-22(11-9-19)34-26(31)23-6-4-5-7-24(23)27/h4-15,17H,2-3,16,18H2,1H3,(H,29,30)/b28-17-. The zero-order valence-corrected chi connectivity index (χ0v) is 18.7. The zero-order valence-electron chi connectivity index (χ0n) is 18.7. The van der Waals surface area contributed by atoms with E-state index in [9.17, 15) is 14.0 Å². The van der Waals surface area contributed by atoms with Gasteiger partial charge in [0.15, 0.2) is 6.61 Å². The van der Waals surface area contributed by atoms with Gasteiger partial charge in [-0.1, -0.05) is 25.5 Å². The molecule has 0 heterocycles. The highest BCUT2D eigenvalue weighted by Crippen LogP contribution is 2.18. The highest BCUT2D eigenvalue weighted by molar-refractivity contribution is 5.91. The van der Waals surface area contributed by atoms with Crippen LogP contribution in [0.1, 0.15) is 35.7 Å². The van der Waals surface area contributed by atoms with Gasteiger partial charge in [-0.3, -0.25) is 4.79 Å². The van der Waals surface area contributed by atoms with Crippen LogP contribution in [0.25, 0.3) is 0 Å². The van der Waals surface area contributed by atoms with Gasteiger partial charge in [0.05, 0.1) is 18.4 Å². The van der Waals surface area contributed by atoms with Crippen molar-refractivity contribution in [3.63, 3.8) is 0 Å². The minimum absolute atomic E-state index is 0.144. The second-order valence-corrected chi connectivity index (χ2v) is 7.19. The first kappa shape index (κ1) is 24.4. The predicted molar refractivity (Wildman–Crippen MR) is 126 cm³/mol. The lowest BCUT2D eigenvalue weighted by Crippen LogP contribution is -2.24. The summed E-state index contributed by atoms with van der Waals surface area (Å²) in [6, 6.07) is 19.0. The molecule has 0 atom stereocenters. The van der Waals surface area contributed by atoms with Crippen molar-refractivity contribution in [2.75, 3.05) is 13.2 Å². The zero-order chi connectivity index (χ0) is 24.2. The van der Waals surface area contributed by atoms with Crippen LogP contribution in [-0.2, 0) is 4.79 Å². The fourth-order valence-electron chi connectivity index (χ4n) is 2.74. The number of hydrogen-bond acceptors (Lipinski definition) is 6. The molecule has 0 aliphatic heterocycles. The van der Waals surface area contributed by atoms with Crippen LogP contribution in [0.3, 0.4) is 0 Å². The molecule has 0 aliphatic carbocycles. The highest BCUT2D eigenvalue weighted by atomic mass is 19.1. The summed E-state index contributed by atoms with van der Waals surface area (Å²) in [6.07, 6.45) is 3.49. The fourth-order valence-corrected chi connectivity index (χ4v) is 2.74. The van der Waals surface area contributed by atoms with Gasteiger partial charge in [-0.25, -0.2) is 14.6 Å². The molecule has 0 saturated carbocycles. The van der Waals surface area contributed by atoms with Crippen molar-refractivity contribution < 1.29 is 28.2 Å². The van der Waals surface area contributed by atoms with E-state index >= 15 is 0 Å². The number of nitrogens with zero attached hydrogens (tertiary/aromatic N) is 1. The first-order valence-electron chi connectivity index (χ1n) is 10.8. The van der Waals surface area contributed by atoms with Crippen LogP contribution in [0.4, 0.5) is 4.39 Å². The number of hydrogen-bond donors (Lipinski definition) is 1. The summed E-state index contributed by atoms with van der Waals surface area (Å²) in [7, 11) is 0. The summed E-state index contributed by atoms with van der Waals surface area (Å²) in [5.41, 5.74) is 2.89. The quantitative estimate of drug-likeness (QED) is 0.145. The van der Waals surface area contributed by atoms with Crippen molar-refractivity contribution in [3.05, 3.63) is 89.7 Å². The third-order valence-corrected chi connectivity index (χ3v) is 4.55. The summed E-state index contributed by atoms with van der Waals surface area (Å²) < 4.78 is 29.8. The maximum Gasteiger partial charge on any atom is 0.346 e. The van der Waals surface area contributed by atoms with Crippen molar-refractivity contribution in [3.8, 4) is 17.2 Å². The summed E-state index contributed by atoms with van der Waals surface area (Å²) >= 11 is 0. The molecule has 176 valence electrons. The Balaban J connectivity index is 1.41. The average molecular weight is 464 g/mol. The van der Waals surface area contributed by atoms with Gasteiger partial charge in [0.25, 0.3) is 5.91 Å². The van der Waals surface area contributed by atoms with Crippen molar-refractivity contribution in [2.45, 2.75) is 19.8 Å². The number of ether oxygens (including phenoxy) is 3. The fraction of sp³-hybridized carbons (Fsp3) is 0.192. The van der Waals surface area contributed by atoms with E-state index in [0.717, 1.165) is 18.6 Å². The number of carbonyl (C=O) groups is 2. The number of unbranched alkanes of at least 4 members (excludes halogenated alkanes) is 1. The van der Waals surface area contributed by atoms with E-state index in [1.807, 2.05) is 0 Å². The number of halogens is 1. The van der Waals surface area contributed by atoms with E-state index in [0.29, 0.717) is 17.9 Å². The van der Waals surface area contributed by atoms with Gasteiger partial charge in [0.1, 0.15) is 23.1 Å². The lowest BCUT2D eigenvalue weighted by molar-refractivity contribution is -0.123. The molecule has 0 aromatic heterocycles. The average Bonchev–Trinajstić information content (AvgIpc) is 2.85. The molecule has 3 aromatic rings. The van der Waals surface area contributed by atoms with E-state index in [2.05, 4.69) is 17.5 Å². The predicted octanol–water partition coefficient (Wildman–Crippen LogP) is 4.75. The van der Waals surface area contributed by atoms with E-state index in [-0.39, 0.29) is 17.9 Å². The summed E-state index contributed by atoms with van der Waals surface area (Å²) in [5.74, 6) is -0.306. The van der Waals surface area contributed by atoms with Gasteiger partial charge in [0, 0.05) is 0 Å². The second kappa shape index (κ2) is 12.7. The van der Waals surface area contributed by atoms with Crippen LogP contribution < -0.4 is 19.6 Å². The second-order valence-electron chi connectivity index (χ2n) is 7.19. The Hall–Kier alpha value is -4.20. The van der Waals surface area contributed by atoms with Crippen LogP contribution in [0.2, 0.25) is 0 Å². The molecular formula is C26H25FN2O5. The van der Waals surface area contributed by atoms with Crippen LogP contribution >= 0.6 is 0 Å². The Labute approximate surface area is 197 Å². The van der Waals surface area contributed by atoms with Crippen molar-refractivity contribution >= 4 is 18.1 Å². The molecule has 0 aliphatic rings. The van der Waals surface area contributed by atoms with Gasteiger partial charge < -0.3 is 14.2 Å². The van der Waals surface area contributed by atoms with Crippen molar-refractivity contribution in [1.29, 1.82) is 0 Å². The Morgan fingerprint density at radius 3 is 2.24 bits per heavy atom. The van der Waals surface area contributed by atoms with Gasteiger partial charge in [0.2, 0.25) is 0 Å². The molecule has 3 aromatic carbocycles. The molecule has 0 saturated heterocycles. The molecule has 0 fully saturated rings. The molecule has 0 radical (unpaired) electrons. The Morgan fingerprint density at radius 2 is 1.56 bits per heavy atom. The largest absolute Gasteiger partial charge is 0.494 e. The summed E-state index contributed by atoms with van der Waals surface area (Å²) in [5, 5.41) is 3.88. The van der Waals surface area contributed by atoms with Crippen LogP contribution in [0.5, 0.6) is 17.2 Å². The van der Waals surface area contributed by atoms with Crippen LogP contribution in [-0.4, -0.2) is 31.3 Å². The maximum absolute atomic E-state index is 13.7. The third kappa shape index (κ3) is 7.74. The van der Waals surface area contributed by atoms with Gasteiger partial charge in [-0.15, -0.1) is 0 Å². The van der Waals surface area contributed by atoms with Crippen molar-refractivity contribution in [1.82, 2.24) is 5.43 Å². The first-order valence-corrected chi connectivity index (χ1v) is 10.8. The Bertz CT molecular complexity index is 1110. The lowest BCUT2D eigenvalue weighted by Gasteiger charge is -2.08. The molecule has 0 bridgehead atoms. The van der Waals surface area contributed by atoms with Crippen LogP contribution in [0.15, 0.2) is 77.9 Å². The Morgan fingerprint density at radius 1 is 0.912 bits per heavy atom. The number of rotatable bonds is 11. The lowest BCUT2D eigenvalue weighted by atomic mass is 10.2. The number of esters is 1. The number of nitrogens with one attached hydrogen (secondary N) is 1. The van der Waals surface area contributed by atoms with Gasteiger partial charge in [-0.2, -0.15) is 5.10 Å². The monoisotopic (exact) mass is 464 g/mol. The molecular weight excluding hydrogens is 439 g/mol. The van der Waals surface area contributed by atoms with E-state index < -0.39 is 17.7 Å². The molecule has 7 nitrogen and oxygen atoms in total. The number of amides is 1. The Kier molecular flexibility index (Phi) is 9.16. The SMILES string of the molecule is CCCCOc1ccc(OCC(=O)N/N=C\c2ccc(OC(=O)c3ccccc3F)cc2)cc1. The summed E-state index contributed by atoms with van der Waals surface area (Å²) in [6.45, 7) is 2.57. The van der Waals surface area contributed by atoms with Gasteiger partial charge >= 0.3 is 5.97 Å².